The lowest BCUT2D eigenvalue weighted by Gasteiger charge is -2.17. The van der Waals surface area contributed by atoms with Crippen LogP contribution in [0.3, 0.4) is 0 Å². The molecule has 5 nitrogen and oxygen atoms in total. The molecule has 0 aromatic heterocycles. The number of nitrogens with one attached hydrogen (secondary N) is 1. The molecule has 0 saturated carbocycles. The number of carbonyl (C=O) groups is 1. The van der Waals surface area contributed by atoms with Gasteiger partial charge in [-0.2, -0.15) is 0 Å². The van der Waals surface area contributed by atoms with Gasteiger partial charge in [-0.1, -0.05) is 12.1 Å². The fourth-order valence-electron chi connectivity index (χ4n) is 1.57. The summed E-state index contributed by atoms with van der Waals surface area (Å²) in [4.78, 5) is 12.1. The highest BCUT2D eigenvalue weighted by Crippen LogP contribution is 2.17. The Morgan fingerprint density at radius 2 is 2.17 bits per heavy atom. The summed E-state index contributed by atoms with van der Waals surface area (Å²) in [5.74, 6) is 0.372. The molecule has 18 heavy (non-hydrogen) atoms. The van der Waals surface area contributed by atoms with Crippen molar-refractivity contribution in [2.45, 2.75) is 13.0 Å². The van der Waals surface area contributed by atoms with Gasteiger partial charge in [0.15, 0.2) is 0 Å². The van der Waals surface area contributed by atoms with E-state index < -0.39 is 0 Å². The number of hydrogen-bond donors (Lipinski definition) is 2. The summed E-state index contributed by atoms with van der Waals surface area (Å²) in [7, 11) is 1.57. The number of hydrogen-bond acceptors (Lipinski definition) is 4. The summed E-state index contributed by atoms with van der Waals surface area (Å²) in [6.07, 6.45) is 0. The molecule has 0 saturated heterocycles. The fraction of sp³-hybridized carbons (Fsp3) is 0.462. The largest absolute Gasteiger partial charge is 0.493 e. The first kappa shape index (κ1) is 14.5. The normalized spacial score (nSPS) is 11.9. The standard InChI is InChI=1S/C13H20N2O3/c1-3-18-12-7-5-4-6-11(12)13(16)15-10(8-14)9-17-2/h4-7,10H,3,8-9,14H2,1-2H3,(H,15,16). The smallest absolute Gasteiger partial charge is 0.255 e. The Hall–Kier alpha value is -1.59. The van der Waals surface area contributed by atoms with Crippen molar-refractivity contribution in [3.63, 3.8) is 0 Å². The van der Waals surface area contributed by atoms with Crippen LogP contribution in [0.25, 0.3) is 0 Å². The monoisotopic (exact) mass is 252 g/mol. The van der Waals surface area contributed by atoms with Gasteiger partial charge in [0.1, 0.15) is 5.75 Å². The van der Waals surface area contributed by atoms with Crippen LogP contribution in [0.15, 0.2) is 24.3 Å². The minimum absolute atomic E-state index is 0.197. The van der Waals surface area contributed by atoms with E-state index in [1.807, 2.05) is 13.0 Å². The van der Waals surface area contributed by atoms with E-state index in [1.165, 1.54) is 0 Å². The topological polar surface area (TPSA) is 73.6 Å². The summed E-state index contributed by atoms with van der Waals surface area (Å²) < 4.78 is 10.4. The highest BCUT2D eigenvalue weighted by atomic mass is 16.5. The zero-order chi connectivity index (χ0) is 13.4. The number of nitrogens with two attached hydrogens (primary N) is 1. The lowest BCUT2D eigenvalue weighted by atomic mass is 10.1. The van der Waals surface area contributed by atoms with E-state index in [2.05, 4.69) is 5.32 Å². The molecule has 0 spiro atoms. The van der Waals surface area contributed by atoms with Gasteiger partial charge in [0, 0.05) is 13.7 Å². The Balaban J connectivity index is 2.76. The van der Waals surface area contributed by atoms with Crippen LogP contribution in [0.2, 0.25) is 0 Å². The Kier molecular flexibility index (Phi) is 6.18. The van der Waals surface area contributed by atoms with E-state index in [-0.39, 0.29) is 11.9 Å². The molecule has 100 valence electrons. The SMILES string of the molecule is CCOc1ccccc1C(=O)NC(CN)COC. The number of para-hydroxylation sites is 1. The summed E-state index contributed by atoms with van der Waals surface area (Å²) in [5.41, 5.74) is 6.06. The predicted octanol–water partition coefficient (Wildman–Crippen LogP) is 0.789. The molecule has 1 aromatic rings. The van der Waals surface area contributed by atoms with Crippen LogP contribution < -0.4 is 15.8 Å². The van der Waals surface area contributed by atoms with Gasteiger partial charge in [-0.05, 0) is 19.1 Å². The van der Waals surface area contributed by atoms with Crippen LogP contribution in [0.4, 0.5) is 0 Å². The zero-order valence-electron chi connectivity index (χ0n) is 10.8. The average Bonchev–Trinajstić information content (AvgIpc) is 2.39. The van der Waals surface area contributed by atoms with E-state index in [0.717, 1.165) is 0 Å². The van der Waals surface area contributed by atoms with Gasteiger partial charge in [-0.25, -0.2) is 0 Å². The number of ether oxygens (including phenoxy) is 2. The van der Waals surface area contributed by atoms with Crippen molar-refractivity contribution in [1.29, 1.82) is 0 Å². The zero-order valence-corrected chi connectivity index (χ0v) is 10.8. The third-order valence-corrected chi connectivity index (χ3v) is 2.42. The molecule has 1 rings (SSSR count). The van der Waals surface area contributed by atoms with Gasteiger partial charge in [0.05, 0.1) is 24.8 Å². The van der Waals surface area contributed by atoms with E-state index in [0.29, 0.717) is 31.1 Å². The maximum absolute atomic E-state index is 12.1. The predicted molar refractivity (Wildman–Crippen MR) is 69.8 cm³/mol. The van der Waals surface area contributed by atoms with Crippen molar-refractivity contribution >= 4 is 5.91 Å². The average molecular weight is 252 g/mol. The molecule has 1 unspecified atom stereocenters. The summed E-state index contributed by atoms with van der Waals surface area (Å²) in [6, 6.07) is 6.92. The van der Waals surface area contributed by atoms with Crippen molar-refractivity contribution < 1.29 is 14.3 Å². The summed E-state index contributed by atoms with van der Waals surface area (Å²) in [5, 5.41) is 2.81. The Morgan fingerprint density at radius 1 is 1.44 bits per heavy atom. The minimum atomic E-state index is -0.202. The Bertz CT molecular complexity index is 382. The molecule has 0 radical (unpaired) electrons. The van der Waals surface area contributed by atoms with Crippen molar-refractivity contribution in [3.05, 3.63) is 29.8 Å². The number of rotatable bonds is 7. The van der Waals surface area contributed by atoms with E-state index in [1.54, 1.807) is 25.3 Å². The summed E-state index contributed by atoms with van der Waals surface area (Å²) in [6.45, 7) is 3.11. The van der Waals surface area contributed by atoms with Crippen LogP contribution in [-0.2, 0) is 4.74 Å². The van der Waals surface area contributed by atoms with Gasteiger partial charge in [0.2, 0.25) is 0 Å². The van der Waals surface area contributed by atoms with Crippen molar-refractivity contribution in [3.8, 4) is 5.75 Å². The van der Waals surface area contributed by atoms with Crippen LogP contribution in [0.5, 0.6) is 5.75 Å². The molecule has 1 atom stereocenters. The molecular weight excluding hydrogens is 232 g/mol. The molecule has 0 aliphatic carbocycles. The fourth-order valence-corrected chi connectivity index (χ4v) is 1.57. The van der Waals surface area contributed by atoms with Gasteiger partial charge in [-0.15, -0.1) is 0 Å². The quantitative estimate of drug-likeness (QED) is 0.752. The second-order valence-corrected chi connectivity index (χ2v) is 3.79. The maximum Gasteiger partial charge on any atom is 0.255 e. The van der Waals surface area contributed by atoms with Gasteiger partial charge in [-0.3, -0.25) is 4.79 Å². The van der Waals surface area contributed by atoms with Crippen molar-refractivity contribution in [2.75, 3.05) is 26.9 Å². The number of carbonyl (C=O) groups excluding carboxylic acids is 1. The number of amides is 1. The van der Waals surface area contributed by atoms with Crippen molar-refractivity contribution in [2.24, 2.45) is 5.73 Å². The molecule has 0 heterocycles. The van der Waals surface area contributed by atoms with Crippen molar-refractivity contribution in [1.82, 2.24) is 5.32 Å². The lowest BCUT2D eigenvalue weighted by Crippen LogP contribution is -2.43. The molecule has 0 aliphatic rings. The molecule has 5 heteroatoms. The Morgan fingerprint density at radius 3 is 2.78 bits per heavy atom. The van der Waals surface area contributed by atoms with Crippen LogP contribution in [0.1, 0.15) is 17.3 Å². The summed E-state index contributed by atoms with van der Waals surface area (Å²) >= 11 is 0. The first-order valence-corrected chi connectivity index (χ1v) is 5.94. The van der Waals surface area contributed by atoms with Crippen LogP contribution >= 0.6 is 0 Å². The van der Waals surface area contributed by atoms with Gasteiger partial charge in [0.25, 0.3) is 5.91 Å². The van der Waals surface area contributed by atoms with E-state index in [9.17, 15) is 4.79 Å². The highest BCUT2D eigenvalue weighted by molar-refractivity contribution is 5.97. The van der Waals surface area contributed by atoms with E-state index >= 15 is 0 Å². The third-order valence-electron chi connectivity index (χ3n) is 2.42. The first-order chi connectivity index (χ1) is 8.72. The molecule has 1 amide bonds. The molecule has 0 bridgehead atoms. The Labute approximate surface area is 107 Å². The van der Waals surface area contributed by atoms with Crippen LogP contribution in [-0.4, -0.2) is 38.8 Å². The minimum Gasteiger partial charge on any atom is -0.493 e. The second-order valence-electron chi connectivity index (χ2n) is 3.79. The number of methoxy groups -OCH3 is 1. The second kappa shape index (κ2) is 7.68. The lowest BCUT2D eigenvalue weighted by molar-refractivity contribution is 0.0897. The first-order valence-electron chi connectivity index (χ1n) is 5.94. The number of benzene rings is 1. The third kappa shape index (κ3) is 4.01. The molecule has 0 aliphatic heterocycles. The van der Waals surface area contributed by atoms with E-state index in [4.69, 9.17) is 15.2 Å². The molecular formula is C13H20N2O3. The molecule has 0 fully saturated rings. The molecule has 3 N–H and O–H groups in total. The molecule has 1 aromatic carbocycles. The van der Waals surface area contributed by atoms with Gasteiger partial charge >= 0.3 is 0 Å². The van der Waals surface area contributed by atoms with Crippen LogP contribution in [0, 0.1) is 0 Å². The maximum atomic E-state index is 12.1. The highest BCUT2D eigenvalue weighted by Gasteiger charge is 2.15. The van der Waals surface area contributed by atoms with Gasteiger partial charge < -0.3 is 20.5 Å².